The molecule has 152 valence electrons. The first-order valence-electron chi connectivity index (χ1n) is 9.01. The number of nitrogens with zero attached hydrogens (tertiary/aromatic N) is 4. The zero-order valence-electron chi connectivity index (χ0n) is 15.3. The fourth-order valence-corrected chi connectivity index (χ4v) is 3.24. The number of anilines is 1. The van der Waals surface area contributed by atoms with Crippen molar-refractivity contribution in [3.8, 4) is 11.3 Å². The molecule has 7 nitrogen and oxygen atoms in total. The number of benzene rings is 1. The topological polar surface area (TPSA) is 90.9 Å². The van der Waals surface area contributed by atoms with E-state index in [1.807, 2.05) is 6.20 Å². The Bertz CT molecular complexity index is 973. The molecule has 2 unspecified atom stereocenters. The summed E-state index contributed by atoms with van der Waals surface area (Å²) in [7, 11) is 0. The minimum atomic E-state index is -4.34. The van der Waals surface area contributed by atoms with Crippen molar-refractivity contribution in [2.24, 2.45) is 0 Å². The van der Waals surface area contributed by atoms with Gasteiger partial charge in [0, 0.05) is 31.0 Å². The molecule has 2 atom stereocenters. The number of rotatable bonds is 5. The molecule has 0 amide bonds. The average molecular weight is 404 g/mol. The van der Waals surface area contributed by atoms with Gasteiger partial charge >= 0.3 is 6.18 Å². The molecule has 1 aliphatic heterocycles. The van der Waals surface area contributed by atoms with Crippen molar-refractivity contribution in [3.05, 3.63) is 60.0 Å². The third-order valence-electron chi connectivity index (χ3n) is 4.78. The summed E-state index contributed by atoms with van der Waals surface area (Å²) in [6.45, 7) is 1.47. The molecular weight excluding hydrogens is 385 g/mol. The van der Waals surface area contributed by atoms with Gasteiger partial charge in [0.15, 0.2) is 0 Å². The van der Waals surface area contributed by atoms with Crippen molar-refractivity contribution in [3.63, 3.8) is 0 Å². The van der Waals surface area contributed by atoms with Gasteiger partial charge in [-0.25, -0.2) is 4.68 Å². The SMILES string of the molecule is Nc1cncc(-c2cn(C3CNCC3OCc3ccc(C(F)(F)F)cc3)nn2)c1. The first-order valence-corrected chi connectivity index (χ1v) is 9.01. The first kappa shape index (κ1) is 19.3. The zero-order valence-corrected chi connectivity index (χ0v) is 15.3. The van der Waals surface area contributed by atoms with Crippen LogP contribution < -0.4 is 11.1 Å². The first-order chi connectivity index (χ1) is 13.9. The van der Waals surface area contributed by atoms with E-state index in [-0.39, 0.29) is 18.8 Å². The van der Waals surface area contributed by atoms with Crippen molar-refractivity contribution < 1.29 is 17.9 Å². The molecule has 0 spiro atoms. The second-order valence-corrected chi connectivity index (χ2v) is 6.86. The fourth-order valence-electron chi connectivity index (χ4n) is 3.24. The summed E-state index contributed by atoms with van der Waals surface area (Å²) in [5.41, 5.74) is 7.72. The summed E-state index contributed by atoms with van der Waals surface area (Å²) in [6, 6.07) is 6.67. The summed E-state index contributed by atoms with van der Waals surface area (Å²) in [6.07, 6.45) is 0.494. The number of nitrogen functional groups attached to an aromatic ring is 1. The maximum Gasteiger partial charge on any atom is 0.416 e. The Labute approximate surface area is 164 Å². The Balaban J connectivity index is 1.42. The standard InChI is InChI=1S/C19H19F3N6O/c20-19(21,22)14-3-1-12(2-4-14)11-29-18-9-25-8-17(18)28-10-16(26-27-28)13-5-15(23)7-24-6-13/h1-7,10,17-18,25H,8-9,11,23H2. The summed E-state index contributed by atoms with van der Waals surface area (Å²) >= 11 is 0. The molecule has 10 heteroatoms. The maximum absolute atomic E-state index is 12.7. The van der Waals surface area contributed by atoms with E-state index in [4.69, 9.17) is 10.5 Å². The molecule has 1 saturated heterocycles. The van der Waals surface area contributed by atoms with Crippen LogP contribution in [0.1, 0.15) is 17.2 Å². The lowest BCUT2D eigenvalue weighted by Gasteiger charge is -2.19. The molecule has 1 aromatic carbocycles. The lowest BCUT2D eigenvalue weighted by molar-refractivity contribution is -0.137. The Hall–Kier alpha value is -2.98. The van der Waals surface area contributed by atoms with E-state index in [1.54, 1.807) is 23.1 Å². The van der Waals surface area contributed by atoms with Crippen LogP contribution in [0.25, 0.3) is 11.3 Å². The van der Waals surface area contributed by atoms with Crippen LogP contribution in [-0.4, -0.2) is 39.2 Å². The number of nitrogens with one attached hydrogen (secondary N) is 1. The maximum atomic E-state index is 12.7. The van der Waals surface area contributed by atoms with Gasteiger partial charge in [-0.1, -0.05) is 17.3 Å². The number of hydrogen-bond acceptors (Lipinski definition) is 6. The zero-order chi connectivity index (χ0) is 20.4. The molecule has 3 N–H and O–H groups in total. The van der Waals surface area contributed by atoms with E-state index in [0.717, 1.165) is 17.7 Å². The van der Waals surface area contributed by atoms with Crippen LogP contribution in [0.2, 0.25) is 0 Å². The summed E-state index contributed by atoms with van der Waals surface area (Å²) in [4.78, 5) is 4.06. The van der Waals surface area contributed by atoms with Gasteiger partial charge in [0.25, 0.3) is 0 Å². The van der Waals surface area contributed by atoms with Crippen LogP contribution in [0.15, 0.2) is 48.9 Å². The second-order valence-electron chi connectivity index (χ2n) is 6.86. The molecule has 1 aliphatic rings. The van der Waals surface area contributed by atoms with Gasteiger partial charge in [-0.15, -0.1) is 5.10 Å². The van der Waals surface area contributed by atoms with Crippen LogP contribution in [0.3, 0.4) is 0 Å². The number of ether oxygens (including phenoxy) is 1. The van der Waals surface area contributed by atoms with E-state index in [0.29, 0.717) is 30.0 Å². The van der Waals surface area contributed by atoms with E-state index >= 15 is 0 Å². The normalized spacial score (nSPS) is 19.6. The van der Waals surface area contributed by atoms with Crippen molar-refractivity contribution in [2.45, 2.75) is 24.9 Å². The van der Waals surface area contributed by atoms with Gasteiger partial charge in [-0.05, 0) is 23.8 Å². The minimum absolute atomic E-state index is 0.0836. The monoisotopic (exact) mass is 404 g/mol. The largest absolute Gasteiger partial charge is 0.416 e. The highest BCUT2D eigenvalue weighted by atomic mass is 19.4. The number of nitrogens with two attached hydrogens (primary N) is 1. The Kier molecular flexibility index (Phi) is 5.20. The van der Waals surface area contributed by atoms with Crippen molar-refractivity contribution in [1.29, 1.82) is 0 Å². The average Bonchev–Trinajstić information content (AvgIpc) is 3.35. The third kappa shape index (κ3) is 4.38. The highest BCUT2D eigenvalue weighted by molar-refractivity contribution is 5.61. The Morgan fingerprint density at radius 1 is 1.17 bits per heavy atom. The number of hydrogen-bond donors (Lipinski definition) is 2. The lowest BCUT2D eigenvalue weighted by Crippen LogP contribution is -2.26. The molecule has 2 aromatic heterocycles. The number of pyridine rings is 1. The summed E-state index contributed by atoms with van der Waals surface area (Å²) in [5, 5.41) is 11.6. The van der Waals surface area contributed by atoms with Gasteiger partial charge in [-0.3, -0.25) is 4.98 Å². The molecule has 3 aromatic rings. The smallest absolute Gasteiger partial charge is 0.397 e. The van der Waals surface area contributed by atoms with Crippen LogP contribution in [0, 0.1) is 0 Å². The van der Waals surface area contributed by atoms with Crippen molar-refractivity contribution in [1.82, 2.24) is 25.3 Å². The van der Waals surface area contributed by atoms with Gasteiger partial charge in [0.1, 0.15) is 5.69 Å². The van der Waals surface area contributed by atoms with Crippen LogP contribution >= 0.6 is 0 Å². The molecule has 0 radical (unpaired) electrons. The van der Waals surface area contributed by atoms with E-state index in [2.05, 4.69) is 20.6 Å². The van der Waals surface area contributed by atoms with E-state index < -0.39 is 11.7 Å². The molecule has 0 saturated carbocycles. The van der Waals surface area contributed by atoms with Gasteiger partial charge in [0.05, 0.1) is 36.2 Å². The van der Waals surface area contributed by atoms with Crippen LogP contribution in [-0.2, 0) is 17.5 Å². The third-order valence-corrected chi connectivity index (χ3v) is 4.78. The van der Waals surface area contributed by atoms with E-state index in [1.165, 1.54) is 12.1 Å². The Morgan fingerprint density at radius 2 is 1.97 bits per heavy atom. The van der Waals surface area contributed by atoms with Gasteiger partial charge in [-0.2, -0.15) is 13.2 Å². The quantitative estimate of drug-likeness (QED) is 0.680. The van der Waals surface area contributed by atoms with Crippen molar-refractivity contribution >= 4 is 5.69 Å². The Morgan fingerprint density at radius 3 is 2.69 bits per heavy atom. The molecule has 4 rings (SSSR count). The number of alkyl halides is 3. The molecule has 0 aliphatic carbocycles. The molecular formula is C19H19F3N6O. The van der Waals surface area contributed by atoms with Crippen LogP contribution in [0.4, 0.5) is 18.9 Å². The summed E-state index contributed by atoms with van der Waals surface area (Å²) in [5.74, 6) is 0. The van der Waals surface area contributed by atoms with Gasteiger partial charge < -0.3 is 15.8 Å². The molecule has 1 fully saturated rings. The lowest BCUT2D eigenvalue weighted by atomic mass is 10.1. The number of aromatic nitrogens is 4. The second kappa shape index (κ2) is 7.80. The minimum Gasteiger partial charge on any atom is -0.397 e. The number of halogens is 3. The highest BCUT2D eigenvalue weighted by Crippen LogP contribution is 2.29. The molecule has 3 heterocycles. The van der Waals surface area contributed by atoms with E-state index in [9.17, 15) is 13.2 Å². The predicted molar refractivity (Wildman–Crippen MR) is 99.6 cm³/mol. The summed E-state index contributed by atoms with van der Waals surface area (Å²) < 4.78 is 45.7. The predicted octanol–water partition coefficient (Wildman–Crippen LogP) is 2.67. The molecule has 29 heavy (non-hydrogen) atoms. The van der Waals surface area contributed by atoms with Crippen LogP contribution in [0.5, 0.6) is 0 Å². The highest BCUT2D eigenvalue weighted by Gasteiger charge is 2.31. The van der Waals surface area contributed by atoms with Gasteiger partial charge in [0.2, 0.25) is 0 Å². The van der Waals surface area contributed by atoms with Crippen molar-refractivity contribution in [2.75, 3.05) is 18.8 Å². The fraction of sp³-hybridized carbons (Fsp3) is 0.316. The molecule has 0 bridgehead atoms.